The van der Waals surface area contributed by atoms with Gasteiger partial charge in [-0.25, -0.2) is 0 Å². The number of aromatic nitrogens is 1. The first kappa shape index (κ1) is 8.13. The lowest BCUT2D eigenvalue weighted by molar-refractivity contribution is -0.0208. The van der Waals surface area contributed by atoms with Gasteiger partial charge in [-0.15, -0.1) is 0 Å². The molecule has 62 valence electrons. The van der Waals surface area contributed by atoms with E-state index >= 15 is 0 Å². The first-order valence-electron chi connectivity index (χ1n) is 3.08. The number of aryl methyl sites for hydroxylation is 1. The Kier molecular flexibility index (Phi) is 1.90. The van der Waals surface area contributed by atoms with Crippen molar-refractivity contribution < 1.29 is 13.3 Å². The van der Waals surface area contributed by atoms with Gasteiger partial charge in [-0.3, -0.25) is 0 Å². The van der Waals surface area contributed by atoms with Gasteiger partial charge in [-0.05, 0) is 6.92 Å². The molecule has 0 unspecified atom stereocenters. The van der Waals surface area contributed by atoms with Gasteiger partial charge in [0.1, 0.15) is 0 Å². The van der Waals surface area contributed by atoms with E-state index in [0.29, 0.717) is 5.69 Å². The van der Waals surface area contributed by atoms with Gasteiger partial charge in [0.15, 0.2) is 0 Å². The fraction of sp³-hybridized carbons (Fsp3) is 0.500. The molecule has 0 aliphatic heterocycles. The largest absolute Gasteiger partial charge is 0.355 e. The normalized spacial score (nSPS) is 12.0. The number of nitrogens with zero attached hydrogens (tertiary/aromatic N) is 1. The van der Waals surface area contributed by atoms with E-state index in [-0.39, 0.29) is 0 Å². The van der Waals surface area contributed by atoms with E-state index in [0.717, 1.165) is 0 Å². The van der Waals surface area contributed by atoms with Crippen LogP contribution in [0, 0.1) is 6.92 Å². The van der Waals surface area contributed by atoms with Gasteiger partial charge in [-0.2, -0.15) is 8.78 Å². The Bertz CT molecular complexity index is 246. The standard InChI is InChI=1S/C6H8F2N2O/c1-4-2-5(11-10-4)6(7,8)3-9/h2H,3,9H2,1H3. The number of rotatable bonds is 2. The Hall–Kier alpha value is -0.970. The van der Waals surface area contributed by atoms with E-state index in [9.17, 15) is 8.78 Å². The average molecular weight is 162 g/mol. The highest BCUT2D eigenvalue weighted by Gasteiger charge is 2.34. The highest BCUT2D eigenvalue weighted by atomic mass is 19.3. The van der Waals surface area contributed by atoms with Gasteiger partial charge >= 0.3 is 5.92 Å². The lowest BCUT2D eigenvalue weighted by Crippen LogP contribution is -2.24. The van der Waals surface area contributed by atoms with Crippen molar-refractivity contribution in [2.45, 2.75) is 12.8 Å². The molecule has 3 nitrogen and oxygen atoms in total. The SMILES string of the molecule is Cc1cc(C(F)(F)CN)on1. The predicted octanol–water partition coefficient (Wildman–Crippen LogP) is 1.03. The van der Waals surface area contributed by atoms with Crippen LogP contribution in [0.2, 0.25) is 0 Å². The van der Waals surface area contributed by atoms with Crippen molar-refractivity contribution in [2.24, 2.45) is 5.73 Å². The lowest BCUT2D eigenvalue weighted by atomic mass is 10.2. The van der Waals surface area contributed by atoms with Crippen LogP contribution in [0.1, 0.15) is 11.5 Å². The molecule has 0 aliphatic carbocycles. The van der Waals surface area contributed by atoms with E-state index in [1.54, 1.807) is 6.92 Å². The Morgan fingerprint density at radius 1 is 1.73 bits per heavy atom. The minimum Gasteiger partial charge on any atom is -0.355 e. The summed E-state index contributed by atoms with van der Waals surface area (Å²) in [7, 11) is 0. The van der Waals surface area contributed by atoms with Crippen molar-refractivity contribution in [3.05, 3.63) is 17.5 Å². The Labute approximate surface area is 62.2 Å². The highest BCUT2D eigenvalue weighted by molar-refractivity contribution is 5.08. The zero-order chi connectivity index (χ0) is 8.48. The van der Waals surface area contributed by atoms with Gasteiger partial charge in [0, 0.05) is 6.07 Å². The molecule has 0 saturated carbocycles. The summed E-state index contributed by atoms with van der Waals surface area (Å²) < 4.78 is 29.6. The van der Waals surface area contributed by atoms with Crippen LogP contribution in [0.3, 0.4) is 0 Å². The van der Waals surface area contributed by atoms with Crippen molar-refractivity contribution in [3.63, 3.8) is 0 Å². The van der Waals surface area contributed by atoms with Crippen LogP contribution < -0.4 is 5.73 Å². The molecule has 0 saturated heterocycles. The Balaban J connectivity index is 2.92. The molecule has 0 atom stereocenters. The van der Waals surface area contributed by atoms with Crippen molar-refractivity contribution in [2.75, 3.05) is 6.54 Å². The molecule has 11 heavy (non-hydrogen) atoms. The number of alkyl halides is 2. The van der Waals surface area contributed by atoms with E-state index in [1.165, 1.54) is 6.07 Å². The maximum absolute atomic E-state index is 12.6. The van der Waals surface area contributed by atoms with Gasteiger partial charge in [-0.1, -0.05) is 5.16 Å². The first-order valence-corrected chi connectivity index (χ1v) is 3.08. The minimum absolute atomic E-state index is 0.424. The molecule has 0 radical (unpaired) electrons. The maximum atomic E-state index is 12.6. The third-order valence-corrected chi connectivity index (χ3v) is 1.24. The molecule has 0 aromatic carbocycles. The number of hydrogen-bond donors (Lipinski definition) is 1. The molecule has 0 fully saturated rings. The van der Waals surface area contributed by atoms with Crippen LogP contribution in [-0.4, -0.2) is 11.7 Å². The smallest absolute Gasteiger partial charge is 0.319 e. The molecule has 1 heterocycles. The van der Waals surface area contributed by atoms with Crippen LogP contribution in [0.4, 0.5) is 8.78 Å². The molecular weight excluding hydrogens is 154 g/mol. The van der Waals surface area contributed by atoms with Crippen molar-refractivity contribution in [3.8, 4) is 0 Å². The lowest BCUT2D eigenvalue weighted by Gasteiger charge is -2.07. The van der Waals surface area contributed by atoms with E-state index < -0.39 is 18.2 Å². The summed E-state index contributed by atoms with van der Waals surface area (Å²) in [6, 6.07) is 1.17. The Morgan fingerprint density at radius 2 is 2.36 bits per heavy atom. The van der Waals surface area contributed by atoms with Gasteiger partial charge in [0.25, 0.3) is 0 Å². The van der Waals surface area contributed by atoms with Crippen molar-refractivity contribution in [1.29, 1.82) is 0 Å². The third kappa shape index (κ3) is 1.54. The fourth-order valence-electron chi connectivity index (χ4n) is 0.637. The Morgan fingerprint density at radius 3 is 2.73 bits per heavy atom. The van der Waals surface area contributed by atoms with Crippen LogP contribution in [0.15, 0.2) is 10.6 Å². The van der Waals surface area contributed by atoms with Crippen LogP contribution in [0.25, 0.3) is 0 Å². The zero-order valence-electron chi connectivity index (χ0n) is 5.97. The summed E-state index contributed by atoms with van der Waals surface area (Å²) in [6.07, 6.45) is 0. The zero-order valence-corrected chi connectivity index (χ0v) is 5.97. The summed E-state index contributed by atoms with van der Waals surface area (Å²) in [5.74, 6) is -3.57. The molecular formula is C6H8F2N2O. The van der Waals surface area contributed by atoms with Crippen molar-refractivity contribution >= 4 is 0 Å². The number of halogens is 2. The third-order valence-electron chi connectivity index (χ3n) is 1.24. The summed E-state index contributed by atoms with van der Waals surface area (Å²) in [6.45, 7) is 0.807. The average Bonchev–Trinajstić information content (AvgIpc) is 2.36. The molecule has 0 spiro atoms. The van der Waals surface area contributed by atoms with E-state index in [2.05, 4.69) is 9.68 Å². The quantitative estimate of drug-likeness (QED) is 0.706. The monoisotopic (exact) mass is 162 g/mol. The molecule has 1 rings (SSSR count). The van der Waals surface area contributed by atoms with E-state index in [4.69, 9.17) is 5.73 Å². The number of hydrogen-bond acceptors (Lipinski definition) is 3. The maximum Gasteiger partial charge on any atom is 0.319 e. The summed E-state index contributed by atoms with van der Waals surface area (Å²) >= 11 is 0. The van der Waals surface area contributed by atoms with Crippen LogP contribution >= 0.6 is 0 Å². The second kappa shape index (κ2) is 2.58. The van der Waals surface area contributed by atoms with Gasteiger partial charge in [0.05, 0.1) is 12.2 Å². The van der Waals surface area contributed by atoms with Crippen LogP contribution in [-0.2, 0) is 5.92 Å². The molecule has 1 aromatic heterocycles. The number of nitrogens with two attached hydrogens (primary N) is 1. The minimum atomic E-state index is -3.10. The molecule has 5 heteroatoms. The molecule has 0 amide bonds. The van der Waals surface area contributed by atoms with Gasteiger partial charge in [0.2, 0.25) is 5.76 Å². The molecule has 2 N–H and O–H groups in total. The topological polar surface area (TPSA) is 52.0 Å². The van der Waals surface area contributed by atoms with Gasteiger partial charge < -0.3 is 10.3 Å². The van der Waals surface area contributed by atoms with E-state index in [1.807, 2.05) is 0 Å². The van der Waals surface area contributed by atoms with Crippen molar-refractivity contribution in [1.82, 2.24) is 5.16 Å². The van der Waals surface area contributed by atoms with Crippen LogP contribution in [0.5, 0.6) is 0 Å². The summed E-state index contributed by atoms with van der Waals surface area (Å²) in [5.41, 5.74) is 5.23. The second-order valence-corrected chi connectivity index (χ2v) is 2.24. The highest BCUT2D eigenvalue weighted by Crippen LogP contribution is 2.26. The second-order valence-electron chi connectivity index (χ2n) is 2.24. The molecule has 0 bridgehead atoms. The molecule has 0 aliphatic rings. The molecule has 1 aromatic rings. The summed E-state index contributed by atoms with van der Waals surface area (Å²) in [4.78, 5) is 0. The summed E-state index contributed by atoms with van der Waals surface area (Å²) in [5, 5.41) is 3.32. The predicted molar refractivity (Wildman–Crippen MR) is 34.2 cm³/mol. The fourth-order valence-corrected chi connectivity index (χ4v) is 0.637. The first-order chi connectivity index (χ1) is 5.06.